The molecular formula is C23H38IN5O. The first kappa shape index (κ1) is 24.9. The van der Waals surface area contributed by atoms with E-state index in [0.717, 1.165) is 56.2 Å². The van der Waals surface area contributed by atoms with E-state index in [1.165, 1.54) is 0 Å². The van der Waals surface area contributed by atoms with Crippen LogP contribution in [0.25, 0.3) is 0 Å². The molecule has 168 valence electrons. The molecule has 1 amide bonds. The van der Waals surface area contributed by atoms with Crippen molar-refractivity contribution in [2.75, 3.05) is 31.1 Å². The van der Waals surface area contributed by atoms with Gasteiger partial charge in [-0.15, -0.1) is 24.0 Å². The van der Waals surface area contributed by atoms with Crippen LogP contribution >= 0.6 is 24.0 Å². The third kappa shape index (κ3) is 6.57. The number of hydrogen-bond acceptors (Lipinski definition) is 3. The first-order valence-corrected chi connectivity index (χ1v) is 11.2. The SMILES string of the molecule is CCNC(=NCc1ccc(N2CCCCC2=O)cc1)NC1CN(C(C)C)CC1C.I. The highest BCUT2D eigenvalue weighted by atomic mass is 127. The summed E-state index contributed by atoms with van der Waals surface area (Å²) in [5.41, 5.74) is 2.15. The highest BCUT2D eigenvalue weighted by Crippen LogP contribution is 2.22. The maximum absolute atomic E-state index is 12.1. The van der Waals surface area contributed by atoms with Crippen molar-refractivity contribution >= 4 is 41.5 Å². The average Bonchev–Trinajstić information content (AvgIpc) is 3.08. The molecule has 2 atom stereocenters. The van der Waals surface area contributed by atoms with E-state index < -0.39 is 0 Å². The van der Waals surface area contributed by atoms with Crippen molar-refractivity contribution in [3.05, 3.63) is 29.8 Å². The molecule has 2 N–H and O–H groups in total. The summed E-state index contributed by atoms with van der Waals surface area (Å²) in [4.78, 5) is 21.3. The lowest BCUT2D eigenvalue weighted by molar-refractivity contribution is -0.119. The second kappa shape index (κ2) is 11.9. The maximum Gasteiger partial charge on any atom is 0.226 e. The Morgan fingerprint density at radius 2 is 1.93 bits per heavy atom. The molecule has 0 spiro atoms. The average molecular weight is 527 g/mol. The number of rotatable bonds is 6. The van der Waals surface area contributed by atoms with Crippen molar-refractivity contribution in [2.45, 2.75) is 65.6 Å². The third-order valence-electron chi connectivity index (χ3n) is 6.03. The van der Waals surface area contributed by atoms with Gasteiger partial charge in [0.15, 0.2) is 5.96 Å². The molecule has 6 nitrogen and oxygen atoms in total. The number of anilines is 1. The van der Waals surface area contributed by atoms with Crippen LogP contribution in [0.3, 0.4) is 0 Å². The predicted molar refractivity (Wildman–Crippen MR) is 136 cm³/mol. The standard InChI is InChI=1S/C23H37N5O.HI/c1-5-24-23(26-21-16-27(17(2)3)15-18(21)4)25-14-19-9-11-20(12-10-19)28-13-7-6-8-22(28)29;/h9-12,17-18,21H,5-8,13-16H2,1-4H3,(H2,24,25,26);1H. The van der Waals surface area contributed by atoms with Crippen LogP contribution in [0.4, 0.5) is 5.69 Å². The molecule has 1 aromatic rings. The van der Waals surface area contributed by atoms with Gasteiger partial charge in [-0.2, -0.15) is 0 Å². The molecule has 2 fully saturated rings. The molecule has 2 aliphatic rings. The third-order valence-corrected chi connectivity index (χ3v) is 6.03. The Kier molecular flexibility index (Phi) is 9.87. The first-order valence-electron chi connectivity index (χ1n) is 11.2. The van der Waals surface area contributed by atoms with E-state index >= 15 is 0 Å². The van der Waals surface area contributed by atoms with Crippen LogP contribution < -0.4 is 15.5 Å². The Bertz CT molecular complexity index is 706. The van der Waals surface area contributed by atoms with Gasteiger partial charge in [-0.3, -0.25) is 9.69 Å². The van der Waals surface area contributed by atoms with Gasteiger partial charge in [-0.05, 0) is 57.2 Å². The van der Waals surface area contributed by atoms with Gasteiger partial charge >= 0.3 is 0 Å². The van der Waals surface area contributed by atoms with Gasteiger partial charge in [0.1, 0.15) is 0 Å². The van der Waals surface area contributed by atoms with Crippen LogP contribution in [-0.4, -0.2) is 55.0 Å². The zero-order valence-corrected chi connectivity index (χ0v) is 21.2. The lowest BCUT2D eigenvalue weighted by atomic mass is 10.1. The van der Waals surface area contributed by atoms with Crippen LogP contribution in [-0.2, 0) is 11.3 Å². The molecular weight excluding hydrogens is 489 g/mol. The summed E-state index contributed by atoms with van der Waals surface area (Å²) in [6.07, 6.45) is 2.76. The summed E-state index contributed by atoms with van der Waals surface area (Å²) >= 11 is 0. The minimum Gasteiger partial charge on any atom is -0.357 e. The molecule has 2 aliphatic heterocycles. The first-order chi connectivity index (χ1) is 14.0. The summed E-state index contributed by atoms with van der Waals surface area (Å²) in [5, 5.41) is 7.02. The second-order valence-corrected chi connectivity index (χ2v) is 8.64. The highest BCUT2D eigenvalue weighted by molar-refractivity contribution is 14.0. The van der Waals surface area contributed by atoms with Crippen LogP contribution in [0, 0.1) is 5.92 Å². The molecule has 0 saturated carbocycles. The number of hydrogen-bond donors (Lipinski definition) is 2. The summed E-state index contributed by atoms with van der Waals surface area (Å²) in [7, 11) is 0. The van der Waals surface area contributed by atoms with Gasteiger partial charge in [0, 0.05) is 50.4 Å². The summed E-state index contributed by atoms with van der Waals surface area (Å²) in [6, 6.07) is 9.27. The maximum atomic E-state index is 12.1. The number of guanidine groups is 1. The quantitative estimate of drug-likeness (QED) is 0.337. The lowest BCUT2D eigenvalue weighted by Gasteiger charge is -2.26. The van der Waals surface area contributed by atoms with Gasteiger partial charge in [-0.1, -0.05) is 19.1 Å². The van der Waals surface area contributed by atoms with Crippen LogP contribution in [0.15, 0.2) is 29.3 Å². The van der Waals surface area contributed by atoms with Crippen molar-refractivity contribution < 1.29 is 4.79 Å². The van der Waals surface area contributed by atoms with E-state index in [4.69, 9.17) is 4.99 Å². The normalized spacial score (nSPS) is 22.9. The molecule has 0 radical (unpaired) electrons. The fraction of sp³-hybridized carbons (Fsp3) is 0.652. The van der Waals surface area contributed by atoms with E-state index in [1.807, 2.05) is 17.0 Å². The summed E-state index contributed by atoms with van der Waals surface area (Å²) in [5.74, 6) is 1.72. The molecule has 0 aromatic heterocycles. The Labute approximate surface area is 198 Å². The van der Waals surface area contributed by atoms with E-state index in [2.05, 4.69) is 55.4 Å². The zero-order valence-electron chi connectivity index (χ0n) is 18.9. The fourth-order valence-electron chi connectivity index (χ4n) is 4.14. The van der Waals surface area contributed by atoms with Gasteiger partial charge < -0.3 is 15.5 Å². The number of carbonyl (C=O) groups excluding carboxylic acids is 1. The Morgan fingerprint density at radius 1 is 1.20 bits per heavy atom. The Morgan fingerprint density at radius 3 is 2.53 bits per heavy atom. The molecule has 0 bridgehead atoms. The van der Waals surface area contributed by atoms with Gasteiger partial charge in [0.2, 0.25) is 5.91 Å². The van der Waals surface area contributed by atoms with Crippen molar-refractivity contribution in [1.29, 1.82) is 0 Å². The Balaban J connectivity index is 0.00000320. The molecule has 30 heavy (non-hydrogen) atoms. The monoisotopic (exact) mass is 527 g/mol. The summed E-state index contributed by atoms with van der Waals surface area (Å²) in [6.45, 7) is 13.4. The zero-order chi connectivity index (χ0) is 20.8. The van der Waals surface area contributed by atoms with E-state index in [0.29, 0.717) is 31.0 Å². The second-order valence-electron chi connectivity index (χ2n) is 8.64. The fourth-order valence-corrected chi connectivity index (χ4v) is 4.14. The van der Waals surface area contributed by atoms with E-state index in [9.17, 15) is 4.79 Å². The van der Waals surface area contributed by atoms with Gasteiger partial charge in [0.25, 0.3) is 0 Å². The minimum atomic E-state index is 0. The van der Waals surface area contributed by atoms with E-state index in [1.54, 1.807) is 0 Å². The topological polar surface area (TPSA) is 60.0 Å². The number of nitrogens with one attached hydrogen (secondary N) is 2. The van der Waals surface area contributed by atoms with Crippen LogP contribution in [0.5, 0.6) is 0 Å². The number of carbonyl (C=O) groups is 1. The number of halogens is 1. The van der Waals surface area contributed by atoms with Crippen molar-refractivity contribution in [3.63, 3.8) is 0 Å². The van der Waals surface area contributed by atoms with E-state index in [-0.39, 0.29) is 29.9 Å². The van der Waals surface area contributed by atoms with Crippen LogP contribution in [0.2, 0.25) is 0 Å². The van der Waals surface area contributed by atoms with Crippen LogP contribution in [0.1, 0.15) is 52.5 Å². The molecule has 2 heterocycles. The lowest BCUT2D eigenvalue weighted by Crippen LogP contribution is -2.46. The number of nitrogens with zero attached hydrogens (tertiary/aromatic N) is 3. The number of piperidine rings is 1. The number of likely N-dealkylation sites (tertiary alicyclic amines) is 1. The largest absolute Gasteiger partial charge is 0.357 e. The number of amides is 1. The number of aliphatic imine (C=N–C) groups is 1. The molecule has 2 saturated heterocycles. The molecule has 1 aromatic carbocycles. The number of benzene rings is 1. The molecule has 2 unspecified atom stereocenters. The minimum absolute atomic E-state index is 0. The highest BCUT2D eigenvalue weighted by Gasteiger charge is 2.31. The van der Waals surface area contributed by atoms with Crippen molar-refractivity contribution in [1.82, 2.24) is 15.5 Å². The molecule has 0 aliphatic carbocycles. The Hall–Kier alpha value is -1.35. The summed E-state index contributed by atoms with van der Waals surface area (Å²) < 4.78 is 0. The van der Waals surface area contributed by atoms with Gasteiger partial charge in [-0.25, -0.2) is 4.99 Å². The smallest absolute Gasteiger partial charge is 0.226 e. The van der Waals surface area contributed by atoms with Crippen molar-refractivity contribution in [3.8, 4) is 0 Å². The molecule has 7 heteroatoms. The molecule has 3 rings (SSSR count). The van der Waals surface area contributed by atoms with Crippen molar-refractivity contribution in [2.24, 2.45) is 10.9 Å². The predicted octanol–water partition coefficient (Wildman–Crippen LogP) is 3.61. The van der Waals surface area contributed by atoms with Gasteiger partial charge in [0.05, 0.1) is 6.54 Å².